The number of hydrogen-bond acceptors (Lipinski definition) is 4. The third kappa shape index (κ3) is 4.07. The lowest BCUT2D eigenvalue weighted by Gasteiger charge is -2.19. The molecule has 0 aliphatic carbocycles. The topological polar surface area (TPSA) is 24.5 Å². The Bertz CT molecular complexity index is 334. The van der Waals surface area contributed by atoms with Crippen LogP contribution in [0.3, 0.4) is 0 Å². The van der Waals surface area contributed by atoms with Gasteiger partial charge in [-0.1, -0.05) is 0 Å². The molecule has 4 heteroatoms. The molecule has 0 aromatic carbocycles. The van der Waals surface area contributed by atoms with E-state index in [1.807, 2.05) is 18.4 Å². The first-order chi connectivity index (χ1) is 8.28. The van der Waals surface area contributed by atoms with Crippen LogP contribution < -0.4 is 5.32 Å². The third-order valence-corrected chi connectivity index (χ3v) is 4.10. The first-order valence-electron chi connectivity index (χ1n) is 6.30. The van der Waals surface area contributed by atoms with Crippen molar-refractivity contribution in [2.45, 2.75) is 32.0 Å². The molecule has 0 bridgehead atoms. The van der Waals surface area contributed by atoms with Crippen molar-refractivity contribution in [1.29, 1.82) is 0 Å². The number of nitrogens with zero attached hydrogens (tertiary/aromatic N) is 1. The van der Waals surface area contributed by atoms with E-state index < -0.39 is 0 Å². The molecule has 0 radical (unpaired) electrons. The van der Waals surface area contributed by atoms with Crippen LogP contribution in [0.1, 0.15) is 22.6 Å². The standard InChI is InChI=1S/C13H22N2OS/c1-14-8-12-5-6-13(17-12)10-15(2)9-11-4-3-7-16-11/h5-6,11,14H,3-4,7-10H2,1-2H3. The normalized spacial score (nSPS) is 20.3. The van der Waals surface area contributed by atoms with E-state index in [4.69, 9.17) is 4.74 Å². The summed E-state index contributed by atoms with van der Waals surface area (Å²) in [5.74, 6) is 0. The van der Waals surface area contributed by atoms with E-state index >= 15 is 0 Å². The van der Waals surface area contributed by atoms with Gasteiger partial charge in [0.1, 0.15) is 0 Å². The summed E-state index contributed by atoms with van der Waals surface area (Å²) in [6, 6.07) is 4.46. The molecule has 3 nitrogen and oxygen atoms in total. The zero-order valence-electron chi connectivity index (χ0n) is 10.7. The highest BCUT2D eigenvalue weighted by atomic mass is 32.1. The van der Waals surface area contributed by atoms with Crippen molar-refractivity contribution < 1.29 is 4.74 Å². The predicted molar refractivity (Wildman–Crippen MR) is 72.4 cm³/mol. The Morgan fingerprint density at radius 3 is 3.00 bits per heavy atom. The number of likely N-dealkylation sites (N-methyl/N-ethyl adjacent to an activating group) is 1. The molecule has 1 N–H and O–H groups in total. The minimum Gasteiger partial charge on any atom is -0.377 e. The average molecular weight is 254 g/mol. The van der Waals surface area contributed by atoms with Gasteiger partial charge in [-0.3, -0.25) is 4.90 Å². The van der Waals surface area contributed by atoms with Crippen LogP contribution in [-0.2, 0) is 17.8 Å². The van der Waals surface area contributed by atoms with Gasteiger partial charge in [-0.05, 0) is 39.1 Å². The lowest BCUT2D eigenvalue weighted by molar-refractivity contribution is 0.0796. The van der Waals surface area contributed by atoms with Crippen molar-refractivity contribution in [3.8, 4) is 0 Å². The number of ether oxygens (including phenoxy) is 1. The van der Waals surface area contributed by atoms with Crippen LogP contribution in [0.5, 0.6) is 0 Å². The molecule has 1 unspecified atom stereocenters. The Hall–Kier alpha value is -0.420. The molecule has 2 rings (SSSR count). The second kappa shape index (κ2) is 6.50. The van der Waals surface area contributed by atoms with E-state index in [9.17, 15) is 0 Å². The summed E-state index contributed by atoms with van der Waals surface area (Å²) in [5.41, 5.74) is 0. The second-order valence-electron chi connectivity index (χ2n) is 4.73. The van der Waals surface area contributed by atoms with Gasteiger partial charge in [0.2, 0.25) is 0 Å². The van der Waals surface area contributed by atoms with Crippen LogP contribution in [0, 0.1) is 0 Å². The molecular weight excluding hydrogens is 232 g/mol. The van der Waals surface area contributed by atoms with Gasteiger partial charge in [0, 0.05) is 36.0 Å². The van der Waals surface area contributed by atoms with Gasteiger partial charge in [0.25, 0.3) is 0 Å². The van der Waals surface area contributed by atoms with E-state index in [2.05, 4.69) is 29.4 Å². The first kappa shape index (κ1) is 13.0. The summed E-state index contributed by atoms with van der Waals surface area (Å²) in [4.78, 5) is 5.22. The Labute approximate surface area is 108 Å². The summed E-state index contributed by atoms with van der Waals surface area (Å²) >= 11 is 1.90. The molecule has 1 saturated heterocycles. The van der Waals surface area contributed by atoms with Gasteiger partial charge in [-0.15, -0.1) is 11.3 Å². The van der Waals surface area contributed by atoms with Crippen molar-refractivity contribution in [3.63, 3.8) is 0 Å². The van der Waals surface area contributed by atoms with Crippen molar-refractivity contribution in [2.75, 3.05) is 27.2 Å². The van der Waals surface area contributed by atoms with Gasteiger partial charge < -0.3 is 10.1 Å². The molecule has 0 saturated carbocycles. The van der Waals surface area contributed by atoms with Crippen LogP contribution in [-0.4, -0.2) is 38.3 Å². The van der Waals surface area contributed by atoms with Crippen LogP contribution >= 0.6 is 11.3 Å². The van der Waals surface area contributed by atoms with Crippen molar-refractivity contribution >= 4 is 11.3 Å². The van der Waals surface area contributed by atoms with Crippen LogP contribution in [0.2, 0.25) is 0 Å². The van der Waals surface area contributed by atoms with Gasteiger partial charge in [0.15, 0.2) is 0 Å². The van der Waals surface area contributed by atoms with Gasteiger partial charge in [-0.25, -0.2) is 0 Å². The monoisotopic (exact) mass is 254 g/mol. The highest BCUT2D eigenvalue weighted by Crippen LogP contribution is 2.19. The Morgan fingerprint density at radius 2 is 2.29 bits per heavy atom. The summed E-state index contributed by atoms with van der Waals surface area (Å²) in [5, 5.41) is 3.19. The van der Waals surface area contributed by atoms with Gasteiger partial charge >= 0.3 is 0 Å². The second-order valence-corrected chi connectivity index (χ2v) is 5.98. The Morgan fingerprint density at radius 1 is 1.47 bits per heavy atom. The van der Waals surface area contributed by atoms with E-state index in [1.165, 1.54) is 22.6 Å². The van der Waals surface area contributed by atoms with Crippen molar-refractivity contribution in [3.05, 3.63) is 21.9 Å². The fraction of sp³-hybridized carbons (Fsp3) is 0.692. The molecule has 2 heterocycles. The maximum atomic E-state index is 5.66. The summed E-state index contributed by atoms with van der Waals surface area (Å²) in [7, 11) is 4.17. The molecule has 96 valence electrons. The van der Waals surface area contributed by atoms with E-state index in [0.717, 1.165) is 26.2 Å². The van der Waals surface area contributed by atoms with Crippen molar-refractivity contribution in [2.24, 2.45) is 0 Å². The van der Waals surface area contributed by atoms with Gasteiger partial charge in [-0.2, -0.15) is 0 Å². The molecule has 1 aromatic rings. The zero-order chi connectivity index (χ0) is 12.1. The zero-order valence-corrected chi connectivity index (χ0v) is 11.6. The lowest BCUT2D eigenvalue weighted by Crippen LogP contribution is -2.27. The van der Waals surface area contributed by atoms with Gasteiger partial charge in [0.05, 0.1) is 6.10 Å². The smallest absolute Gasteiger partial charge is 0.0702 e. The maximum Gasteiger partial charge on any atom is 0.0702 e. The maximum absolute atomic E-state index is 5.66. The van der Waals surface area contributed by atoms with E-state index in [1.54, 1.807) is 0 Å². The first-order valence-corrected chi connectivity index (χ1v) is 7.12. The molecule has 1 atom stereocenters. The molecule has 0 spiro atoms. The number of nitrogens with one attached hydrogen (secondary N) is 1. The largest absolute Gasteiger partial charge is 0.377 e. The highest BCUT2D eigenvalue weighted by Gasteiger charge is 2.17. The molecule has 17 heavy (non-hydrogen) atoms. The minimum atomic E-state index is 0.455. The van der Waals surface area contributed by atoms with E-state index in [0.29, 0.717) is 6.10 Å². The number of hydrogen-bond donors (Lipinski definition) is 1. The fourth-order valence-corrected chi connectivity index (χ4v) is 3.35. The molecular formula is C13H22N2OS. The summed E-state index contributed by atoms with van der Waals surface area (Å²) < 4.78 is 5.66. The number of rotatable bonds is 6. The Kier molecular flexibility index (Phi) is 4.98. The SMILES string of the molecule is CNCc1ccc(CN(C)CC2CCCO2)s1. The molecule has 1 aliphatic rings. The lowest BCUT2D eigenvalue weighted by atomic mass is 10.2. The number of thiophene rings is 1. The third-order valence-electron chi connectivity index (χ3n) is 3.03. The van der Waals surface area contributed by atoms with Crippen LogP contribution in [0.25, 0.3) is 0 Å². The van der Waals surface area contributed by atoms with Crippen LogP contribution in [0.4, 0.5) is 0 Å². The highest BCUT2D eigenvalue weighted by molar-refractivity contribution is 7.11. The quantitative estimate of drug-likeness (QED) is 0.841. The van der Waals surface area contributed by atoms with Crippen LogP contribution in [0.15, 0.2) is 12.1 Å². The summed E-state index contributed by atoms with van der Waals surface area (Å²) in [6.07, 6.45) is 2.90. The molecule has 0 amide bonds. The average Bonchev–Trinajstić information content (AvgIpc) is 2.91. The van der Waals surface area contributed by atoms with Crippen molar-refractivity contribution in [1.82, 2.24) is 10.2 Å². The molecule has 1 aliphatic heterocycles. The minimum absolute atomic E-state index is 0.455. The molecule has 1 aromatic heterocycles. The van der Waals surface area contributed by atoms with E-state index in [-0.39, 0.29) is 0 Å². The fourth-order valence-electron chi connectivity index (χ4n) is 2.24. The molecule has 1 fully saturated rings. The predicted octanol–water partition coefficient (Wildman–Crippen LogP) is 2.08. The Balaban J connectivity index is 1.78. The summed E-state index contributed by atoms with van der Waals surface area (Å²) in [6.45, 7) is 4.01.